The van der Waals surface area contributed by atoms with Gasteiger partial charge in [0.1, 0.15) is 11.2 Å². The molecule has 0 saturated carbocycles. The number of anilines is 5. The van der Waals surface area contributed by atoms with E-state index in [1.165, 1.54) is 66.9 Å². The minimum absolute atomic E-state index is 0.0652. The van der Waals surface area contributed by atoms with Crippen LogP contribution >= 0.6 is 0 Å². The Bertz CT molecular complexity index is 2960. The largest absolute Gasteiger partial charge is 0.455 e. The Morgan fingerprint density at radius 3 is 2.11 bits per heavy atom. The first-order valence-electron chi connectivity index (χ1n) is 20.1. The summed E-state index contributed by atoms with van der Waals surface area (Å²) in [5.74, 6) is 0. The number of nitrogens with one attached hydrogen (secondary N) is 1. The number of hydrogen-bond donors (Lipinski definition) is 1. The summed E-state index contributed by atoms with van der Waals surface area (Å²) in [6.45, 7) is 16.4. The number of para-hydroxylation sites is 3. The highest BCUT2D eigenvalue weighted by molar-refractivity contribution is 6.74. The van der Waals surface area contributed by atoms with Crippen molar-refractivity contribution in [2.75, 3.05) is 10.2 Å². The lowest BCUT2D eigenvalue weighted by atomic mass is 9.55. The van der Waals surface area contributed by atoms with Gasteiger partial charge in [0.2, 0.25) is 0 Å². The van der Waals surface area contributed by atoms with Crippen molar-refractivity contribution >= 4 is 68.6 Å². The topological polar surface area (TPSA) is 28.4 Å². The van der Waals surface area contributed by atoms with Crippen LogP contribution in [0.2, 0.25) is 0 Å². The molecule has 2 aliphatic heterocycles. The van der Waals surface area contributed by atoms with E-state index in [1.54, 1.807) is 0 Å². The second kappa shape index (κ2) is 11.3. The van der Waals surface area contributed by atoms with Gasteiger partial charge < -0.3 is 14.6 Å². The molecule has 3 aliphatic rings. The molecule has 1 N–H and O–H groups in total. The maximum atomic E-state index is 7.05. The zero-order valence-corrected chi connectivity index (χ0v) is 33.3. The highest BCUT2D eigenvalue weighted by Gasteiger charge is 2.43. The minimum Gasteiger partial charge on any atom is -0.455 e. The van der Waals surface area contributed by atoms with E-state index in [0.717, 1.165) is 51.7 Å². The molecule has 8 aromatic rings. The SMILES string of the molecule is CC(C)(C)c1ccc(Nc2c(-c3c4c(cc5c3oc3ccccc35)N3c5ccccc5C(C)(C)c5cccc(c53)B4)ccc3c2C(C)(C)c2ccccc2-3)cc1. The molecule has 272 valence electrons. The number of nitrogens with zero attached hydrogens (tertiary/aromatic N) is 1. The standard InChI is InChI=1S/C52H45BN2O/c1-50(2,3)30-23-25-31(26-24-30)54-47-35(28-27-34-32-15-8-10-17-37(32)52(6,7)45(34)47)44-46-42(29-36-33-16-9-13-22-43(33)56-49(36)44)55-41-21-12-11-18-38(41)51(4,5)39-19-14-20-40(53-46)48(39)55/h8-29,53-54H,1-7H3. The summed E-state index contributed by atoms with van der Waals surface area (Å²) >= 11 is 0. The van der Waals surface area contributed by atoms with Crippen LogP contribution in [-0.4, -0.2) is 7.28 Å². The molecular weight excluding hydrogens is 679 g/mol. The van der Waals surface area contributed by atoms with Gasteiger partial charge in [-0.3, -0.25) is 0 Å². The number of fused-ring (bicyclic) bond motifs is 10. The molecule has 7 aromatic carbocycles. The molecule has 11 rings (SSSR count). The predicted octanol–water partition coefficient (Wildman–Crippen LogP) is 12.4. The Kier molecular flexibility index (Phi) is 6.73. The molecule has 1 aliphatic carbocycles. The number of hydrogen-bond acceptors (Lipinski definition) is 3. The van der Waals surface area contributed by atoms with Crippen LogP contribution in [0.1, 0.15) is 76.3 Å². The van der Waals surface area contributed by atoms with Gasteiger partial charge in [-0.05, 0) is 80.2 Å². The first-order chi connectivity index (χ1) is 26.9. The van der Waals surface area contributed by atoms with Gasteiger partial charge in [0, 0.05) is 49.8 Å². The fraction of sp³-hybridized carbons (Fsp3) is 0.192. The van der Waals surface area contributed by atoms with E-state index in [-0.39, 0.29) is 16.2 Å². The minimum atomic E-state index is -0.240. The third-order valence-electron chi connectivity index (χ3n) is 13.2. The van der Waals surface area contributed by atoms with Gasteiger partial charge in [-0.2, -0.15) is 0 Å². The Morgan fingerprint density at radius 1 is 0.607 bits per heavy atom. The smallest absolute Gasteiger partial charge is 0.198 e. The summed E-state index contributed by atoms with van der Waals surface area (Å²) in [5, 5.41) is 6.36. The van der Waals surface area contributed by atoms with Crippen LogP contribution in [0, 0.1) is 0 Å². The van der Waals surface area contributed by atoms with Crippen molar-refractivity contribution in [1.29, 1.82) is 0 Å². The highest BCUT2D eigenvalue weighted by Crippen LogP contribution is 2.57. The summed E-state index contributed by atoms with van der Waals surface area (Å²) in [6, 6.07) is 49.6. The van der Waals surface area contributed by atoms with Gasteiger partial charge >= 0.3 is 0 Å². The summed E-state index contributed by atoms with van der Waals surface area (Å²) in [4.78, 5) is 2.57. The molecule has 0 fully saturated rings. The Balaban J connectivity index is 1.25. The molecule has 0 radical (unpaired) electrons. The Hall–Kier alpha value is -6.00. The van der Waals surface area contributed by atoms with E-state index < -0.39 is 0 Å². The molecule has 0 spiro atoms. The van der Waals surface area contributed by atoms with Crippen LogP contribution in [0.15, 0.2) is 138 Å². The normalized spacial score (nSPS) is 15.4. The van der Waals surface area contributed by atoms with Gasteiger partial charge in [-0.15, -0.1) is 0 Å². The van der Waals surface area contributed by atoms with E-state index in [4.69, 9.17) is 4.42 Å². The van der Waals surface area contributed by atoms with Crippen molar-refractivity contribution in [2.24, 2.45) is 0 Å². The average Bonchev–Trinajstić information content (AvgIpc) is 3.67. The fourth-order valence-electron chi connectivity index (χ4n) is 10.4. The summed E-state index contributed by atoms with van der Waals surface area (Å²) in [7, 11) is 0.802. The molecule has 3 heterocycles. The summed E-state index contributed by atoms with van der Waals surface area (Å²) in [5.41, 5.74) is 21.8. The Labute approximate surface area is 330 Å². The molecule has 3 nitrogen and oxygen atoms in total. The molecule has 0 unspecified atom stereocenters. The first kappa shape index (κ1) is 33.4. The van der Waals surface area contributed by atoms with E-state index in [1.807, 2.05) is 0 Å². The number of benzene rings is 7. The first-order valence-corrected chi connectivity index (χ1v) is 20.1. The van der Waals surface area contributed by atoms with Crippen molar-refractivity contribution in [2.45, 2.75) is 64.7 Å². The number of rotatable bonds is 3. The lowest BCUT2D eigenvalue weighted by Gasteiger charge is -2.46. The lowest BCUT2D eigenvalue weighted by Crippen LogP contribution is -2.45. The third-order valence-corrected chi connectivity index (χ3v) is 13.2. The van der Waals surface area contributed by atoms with Crippen molar-refractivity contribution in [3.8, 4) is 22.3 Å². The van der Waals surface area contributed by atoms with Gasteiger partial charge in [0.25, 0.3) is 0 Å². The third kappa shape index (κ3) is 4.47. The van der Waals surface area contributed by atoms with E-state index in [2.05, 4.69) is 192 Å². The Morgan fingerprint density at radius 2 is 1.30 bits per heavy atom. The average molecular weight is 725 g/mol. The van der Waals surface area contributed by atoms with Crippen LogP contribution in [-0.2, 0) is 16.2 Å². The maximum absolute atomic E-state index is 7.05. The van der Waals surface area contributed by atoms with E-state index in [9.17, 15) is 0 Å². The van der Waals surface area contributed by atoms with Crippen LogP contribution in [0.5, 0.6) is 0 Å². The molecule has 4 heteroatoms. The molecule has 0 atom stereocenters. The number of furan rings is 1. The summed E-state index contributed by atoms with van der Waals surface area (Å²) in [6.07, 6.45) is 0. The second-order valence-electron chi connectivity index (χ2n) is 18.2. The zero-order valence-electron chi connectivity index (χ0n) is 33.3. The van der Waals surface area contributed by atoms with E-state index >= 15 is 0 Å². The molecule has 0 bridgehead atoms. The van der Waals surface area contributed by atoms with Gasteiger partial charge in [0.15, 0.2) is 7.28 Å². The second-order valence-corrected chi connectivity index (χ2v) is 18.2. The van der Waals surface area contributed by atoms with Crippen LogP contribution < -0.4 is 21.1 Å². The van der Waals surface area contributed by atoms with Crippen molar-refractivity contribution in [3.63, 3.8) is 0 Å². The molecule has 0 saturated heterocycles. The van der Waals surface area contributed by atoms with Crippen LogP contribution in [0.3, 0.4) is 0 Å². The monoisotopic (exact) mass is 724 g/mol. The fourth-order valence-corrected chi connectivity index (χ4v) is 10.4. The molecule has 0 amide bonds. The van der Waals surface area contributed by atoms with Gasteiger partial charge in [-0.25, -0.2) is 0 Å². The molecular formula is C52H45BN2O. The zero-order chi connectivity index (χ0) is 38.3. The van der Waals surface area contributed by atoms with Crippen molar-refractivity contribution in [3.05, 3.63) is 161 Å². The molecule has 56 heavy (non-hydrogen) atoms. The van der Waals surface area contributed by atoms with Gasteiger partial charge in [-0.1, -0.05) is 157 Å². The van der Waals surface area contributed by atoms with Crippen LogP contribution in [0.4, 0.5) is 28.4 Å². The highest BCUT2D eigenvalue weighted by atomic mass is 16.3. The van der Waals surface area contributed by atoms with E-state index in [0.29, 0.717) is 0 Å². The van der Waals surface area contributed by atoms with Crippen molar-refractivity contribution in [1.82, 2.24) is 0 Å². The van der Waals surface area contributed by atoms with Crippen molar-refractivity contribution < 1.29 is 4.42 Å². The maximum Gasteiger partial charge on any atom is 0.198 e. The summed E-state index contributed by atoms with van der Waals surface area (Å²) < 4.78 is 7.05. The molecule has 1 aromatic heterocycles. The predicted molar refractivity (Wildman–Crippen MR) is 238 cm³/mol. The quantitative estimate of drug-likeness (QED) is 0.184. The van der Waals surface area contributed by atoms with Crippen LogP contribution in [0.25, 0.3) is 44.2 Å². The van der Waals surface area contributed by atoms with Gasteiger partial charge in [0.05, 0.1) is 11.4 Å². The lowest BCUT2D eigenvalue weighted by molar-refractivity contribution is 0.590.